The molecule has 1 aromatic heterocycles. The van der Waals surface area contributed by atoms with Gasteiger partial charge in [-0.2, -0.15) is 0 Å². The van der Waals surface area contributed by atoms with Gasteiger partial charge in [0.2, 0.25) is 5.95 Å². The molecule has 0 fully saturated rings. The Labute approximate surface area is 127 Å². The number of halogens is 1. The van der Waals surface area contributed by atoms with Gasteiger partial charge in [0.1, 0.15) is 0 Å². The standard InChI is InChI=1S/C16H16BrN3/c1-11-8-9-12(17)10-15(11)20(3)16-18-13-6-4-5-7-14(13)19(16)2/h4-10H,1-3H3. The predicted octanol–water partition coefficient (Wildman–Crippen LogP) is 4.41. The van der Waals surface area contributed by atoms with Crippen LogP contribution in [0.15, 0.2) is 46.9 Å². The average Bonchev–Trinajstić information content (AvgIpc) is 2.79. The highest BCUT2D eigenvalue weighted by atomic mass is 79.9. The van der Waals surface area contributed by atoms with Gasteiger partial charge in [-0.3, -0.25) is 0 Å². The van der Waals surface area contributed by atoms with Gasteiger partial charge < -0.3 is 9.47 Å². The number of para-hydroxylation sites is 2. The first-order chi connectivity index (χ1) is 9.58. The second kappa shape index (κ2) is 4.94. The molecule has 0 N–H and O–H groups in total. The zero-order chi connectivity index (χ0) is 14.3. The number of aromatic nitrogens is 2. The fourth-order valence-electron chi connectivity index (χ4n) is 2.48. The molecule has 3 nitrogen and oxygen atoms in total. The zero-order valence-corrected chi connectivity index (χ0v) is 13.3. The van der Waals surface area contributed by atoms with E-state index in [1.807, 2.05) is 18.2 Å². The summed E-state index contributed by atoms with van der Waals surface area (Å²) in [4.78, 5) is 6.86. The highest BCUT2D eigenvalue weighted by Gasteiger charge is 2.14. The monoisotopic (exact) mass is 329 g/mol. The minimum atomic E-state index is 0.937. The maximum Gasteiger partial charge on any atom is 0.210 e. The van der Waals surface area contributed by atoms with Crippen molar-refractivity contribution >= 4 is 38.6 Å². The summed E-state index contributed by atoms with van der Waals surface area (Å²) in [7, 11) is 4.10. The van der Waals surface area contributed by atoms with Crippen molar-refractivity contribution in [2.45, 2.75) is 6.92 Å². The molecule has 0 saturated heterocycles. The summed E-state index contributed by atoms with van der Waals surface area (Å²) in [6.45, 7) is 2.11. The van der Waals surface area contributed by atoms with E-state index in [2.05, 4.69) is 70.7 Å². The van der Waals surface area contributed by atoms with Gasteiger partial charge in [0, 0.05) is 24.3 Å². The summed E-state index contributed by atoms with van der Waals surface area (Å²) in [5, 5.41) is 0. The fraction of sp³-hybridized carbons (Fsp3) is 0.188. The van der Waals surface area contributed by atoms with E-state index in [-0.39, 0.29) is 0 Å². The van der Waals surface area contributed by atoms with E-state index in [9.17, 15) is 0 Å². The largest absolute Gasteiger partial charge is 0.315 e. The molecule has 0 saturated carbocycles. The third kappa shape index (κ3) is 2.10. The molecule has 0 aliphatic heterocycles. The molecule has 2 aromatic carbocycles. The first kappa shape index (κ1) is 13.2. The van der Waals surface area contributed by atoms with Crippen molar-refractivity contribution in [3.63, 3.8) is 0 Å². The number of hydrogen-bond donors (Lipinski definition) is 0. The SMILES string of the molecule is Cc1ccc(Br)cc1N(C)c1nc2ccccc2n1C. The number of benzene rings is 2. The van der Waals surface area contributed by atoms with Crippen LogP contribution >= 0.6 is 15.9 Å². The van der Waals surface area contributed by atoms with E-state index in [4.69, 9.17) is 4.98 Å². The smallest absolute Gasteiger partial charge is 0.210 e. The molecule has 0 amide bonds. The lowest BCUT2D eigenvalue weighted by Crippen LogP contribution is -2.15. The van der Waals surface area contributed by atoms with Crippen LogP contribution in [0.1, 0.15) is 5.56 Å². The Kier molecular flexibility index (Phi) is 3.26. The lowest BCUT2D eigenvalue weighted by Gasteiger charge is -2.20. The number of hydrogen-bond acceptors (Lipinski definition) is 2. The molecule has 3 rings (SSSR count). The third-order valence-corrected chi connectivity index (χ3v) is 4.09. The number of nitrogens with zero attached hydrogens (tertiary/aromatic N) is 3. The Balaban J connectivity index is 2.15. The minimum absolute atomic E-state index is 0.937. The van der Waals surface area contributed by atoms with Crippen LogP contribution in [0.4, 0.5) is 11.6 Å². The second-order valence-corrected chi connectivity index (χ2v) is 5.87. The van der Waals surface area contributed by atoms with Crippen molar-refractivity contribution in [3.05, 3.63) is 52.5 Å². The average molecular weight is 330 g/mol. The molecule has 0 unspecified atom stereocenters. The number of anilines is 2. The third-order valence-electron chi connectivity index (χ3n) is 3.60. The number of rotatable bonds is 2. The molecule has 4 heteroatoms. The van der Waals surface area contributed by atoms with Crippen LogP contribution in [0.3, 0.4) is 0 Å². The topological polar surface area (TPSA) is 21.1 Å². The van der Waals surface area contributed by atoms with Gasteiger partial charge in [0.05, 0.1) is 11.0 Å². The summed E-state index contributed by atoms with van der Waals surface area (Å²) in [6, 6.07) is 14.5. The quantitative estimate of drug-likeness (QED) is 0.694. The van der Waals surface area contributed by atoms with Crippen molar-refractivity contribution in [2.24, 2.45) is 7.05 Å². The fourth-order valence-corrected chi connectivity index (χ4v) is 2.83. The van der Waals surface area contributed by atoms with Crippen molar-refractivity contribution in [1.29, 1.82) is 0 Å². The van der Waals surface area contributed by atoms with Crippen LogP contribution in [-0.4, -0.2) is 16.6 Å². The van der Waals surface area contributed by atoms with Crippen LogP contribution in [0.2, 0.25) is 0 Å². The lowest BCUT2D eigenvalue weighted by molar-refractivity contribution is 0.908. The Morgan fingerprint density at radius 1 is 1.15 bits per heavy atom. The van der Waals surface area contributed by atoms with E-state index in [0.29, 0.717) is 0 Å². The van der Waals surface area contributed by atoms with E-state index in [1.165, 1.54) is 5.56 Å². The highest BCUT2D eigenvalue weighted by Crippen LogP contribution is 2.30. The van der Waals surface area contributed by atoms with Gasteiger partial charge >= 0.3 is 0 Å². The molecule has 1 heterocycles. The van der Waals surface area contributed by atoms with E-state index in [0.717, 1.165) is 27.1 Å². The highest BCUT2D eigenvalue weighted by molar-refractivity contribution is 9.10. The lowest BCUT2D eigenvalue weighted by atomic mass is 10.2. The van der Waals surface area contributed by atoms with Gasteiger partial charge in [-0.1, -0.05) is 34.1 Å². The van der Waals surface area contributed by atoms with E-state index < -0.39 is 0 Å². The molecule has 20 heavy (non-hydrogen) atoms. The first-order valence-electron chi connectivity index (χ1n) is 6.49. The summed E-state index contributed by atoms with van der Waals surface area (Å²) in [6.07, 6.45) is 0. The Morgan fingerprint density at radius 3 is 2.65 bits per heavy atom. The van der Waals surface area contributed by atoms with Gasteiger partial charge in [-0.15, -0.1) is 0 Å². The van der Waals surface area contributed by atoms with Crippen LogP contribution < -0.4 is 4.90 Å². The molecule has 0 aliphatic carbocycles. The van der Waals surface area contributed by atoms with Gasteiger partial charge in [-0.25, -0.2) is 4.98 Å². The number of imidazole rings is 1. The van der Waals surface area contributed by atoms with Gasteiger partial charge in [0.15, 0.2) is 0 Å². The normalized spacial score (nSPS) is 11.0. The molecule has 0 spiro atoms. The Hall–Kier alpha value is -1.81. The second-order valence-electron chi connectivity index (χ2n) is 4.95. The minimum Gasteiger partial charge on any atom is -0.315 e. The van der Waals surface area contributed by atoms with E-state index in [1.54, 1.807) is 0 Å². The van der Waals surface area contributed by atoms with Crippen molar-refractivity contribution in [1.82, 2.24) is 9.55 Å². The van der Waals surface area contributed by atoms with Gasteiger partial charge in [-0.05, 0) is 36.8 Å². The van der Waals surface area contributed by atoms with Crippen molar-refractivity contribution in [3.8, 4) is 0 Å². The van der Waals surface area contributed by atoms with Crippen molar-refractivity contribution < 1.29 is 0 Å². The molecule has 0 aliphatic rings. The molecule has 3 aromatic rings. The summed E-state index contributed by atoms with van der Waals surface area (Å²) in [5.41, 5.74) is 4.53. The van der Waals surface area contributed by atoms with Crippen LogP contribution in [0.25, 0.3) is 11.0 Å². The molecular weight excluding hydrogens is 314 g/mol. The van der Waals surface area contributed by atoms with Crippen molar-refractivity contribution in [2.75, 3.05) is 11.9 Å². The van der Waals surface area contributed by atoms with Crippen LogP contribution in [0.5, 0.6) is 0 Å². The number of aryl methyl sites for hydroxylation is 2. The summed E-state index contributed by atoms with van der Waals surface area (Å²) in [5.74, 6) is 0.937. The van der Waals surface area contributed by atoms with Crippen LogP contribution in [-0.2, 0) is 7.05 Å². The molecule has 102 valence electrons. The predicted molar refractivity (Wildman–Crippen MR) is 87.7 cm³/mol. The number of fused-ring (bicyclic) bond motifs is 1. The maximum atomic E-state index is 4.73. The summed E-state index contributed by atoms with van der Waals surface area (Å²) < 4.78 is 3.19. The Morgan fingerprint density at radius 2 is 1.90 bits per heavy atom. The summed E-state index contributed by atoms with van der Waals surface area (Å²) >= 11 is 3.54. The molecule has 0 atom stereocenters. The molecular formula is C16H16BrN3. The molecule has 0 bridgehead atoms. The molecule has 0 radical (unpaired) electrons. The van der Waals surface area contributed by atoms with Gasteiger partial charge in [0.25, 0.3) is 0 Å². The first-order valence-corrected chi connectivity index (χ1v) is 7.28. The zero-order valence-electron chi connectivity index (χ0n) is 11.8. The Bertz CT molecular complexity index is 776. The maximum absolute atomic E-state index is 4.73. The van der Waals surface area contributed by atoms with E-state index >= 15 is 0 Å². The van der Waals surface area contributed by atoms with Crippen LogP contribution in [0, 0.1) is 6.92 Å².